The van der Waals surface area contributed by atoms with E-state index in [0.29, 0.717) is 0 Å². The van der Waals surface area contributed by atoms with Gasteiger partial charge in [-0.2, -0.15) is 0 Å². The Kier molecular flexibility index (Phi) is 8.71. The fraction of sp³-hybridized carbons (Fsp3) is 0.720. The number of nitrogens with zero attached hydrogens (tertiary/aromatic N) is 1. The Labute approximate surface area is 166 Å². The van der Waals surface area contributed by atoms with Crippen molar-refractivity contribution < 1.29 is 5.21 Å². The maximum absolute atomic E-state index is 9.41. The molecule has 4 bridgehead atoms. The molecule has 0 unspecified atom stereocenters. The summed E-state index contributed by atoms with van der Waals surface area (Å²) in [7, 11) is 0. The molecule has 5 aliphatic rings. The molecule has 6 rings (SSSR count). The first kappa shape index (κ1) is 20.4. The van der Waals surface area contributed by atoms with Crippen molar-refractivity contribution in [2.24, 2.45) is 17.0 Å². The van der Waals surface area contributed by atoms with Crippen LogP contribution in [0.25, 0.3) is 0 Å². The van der Waals surface area contributed by atoms with Crippen molar-refractivity contribution >= 4 is 5.71 Å². The Hall–Kier alpha value is -1.31. The molecular formula is C25H39NO. The normalized spacial score (nSPS) is 28.1. The number of benzene rings is 1. The number of hydrogen-bond acceptors (Lipinski definition) is 2. The molecular weight excluding hydrogens is 330 g/mol. The minimum absolute atomic E-state index is 0.853. The van der Waals surface area contributed by atoms with Crippen LogP contribution >= 0.6 is 0 Å². The van der Waals surface area contributed by atoms with Gasteiger partial charge in [-0.3, -0.25) is 0 Å². The third-order valence-electron chi connectivity index (χ3n) is 6.98. The van der Waals surface area contributed by atoms with E-state index in [9.17, 15) is 5.21 Å². The molecule has 0 aliphatic heterocycles. The van der Waals surface area contributed by atoms with E-state index in [1.165, 1.54) is 95.5 Å². The van der Waals surface area contributed by atoms with Gasteiger partial charge in [0.05, 0.1) is 5.71 Å². The highest BCUT2D eigenvalue weighted by atomic mass is 16.4. The van der Waals surface area contributed by atoms with Crippen LogP contribution in [0.1, 0.15) is 107 Å². The summed E-state index contributed by atoms with van der Waals surface area (Å²) in [6, 6.07) is 8.73. The topological polar surface area (TPSA) is 32.6 Å². The first-order valence-corrected chi connectivity index (χ1v) is 11.7. The predicted molar refractivity (Wildman–Crippen MR) is 115 cm³/mol. The summed E-state index contributed by atoms with van der Waals surface area (Å²) in [4.78, 5) is 0. The molecule has 1 fully saturated rings. The van der Waals surface area contributed by atoms with Gasteiger partial charge in [0.25, 0.3) is 0 Å². The number of rotatable bonds is 0. The summed E-state index contributed by atoms with van der Waals surface area (Å²) in [5.41, 5.74) is 3.36. The highest BCUT2D eigenvalue weighted by Gasteiger charge is 2.20. The lowest BCUT2D eigenvalue weighted by molar-refractivity contribution is 0.244. The Bertz CT molecular complexity index is 554. The van der Waals surface area contributed by atoms with Gasteiger partial charge in [0.2, 0.25) is 0 Å². The van der Waals surface area contributed by atoms with Crippen molar-refractivity contribution in [3.8, 4) is 0 Å². The average Bonchev–Trinajstić information content (AvgIpc) is 2.71. The van der Waals surface area contributed by atoms with E-state index in [1.807, 2.05) is 0 Å². The van der Waals surface area contributed by atoms with E-state index in [2.05, 4.69) is 29.4 Å². The summed E-state index contributed by atoms with van der Waals surface area (Å²) < 4.78 is 0. The van der Waals surface area contributed by atoms with Crippen LogP contribution in [0, 0.1) is 11.8 Å². The number of oxime groups is 1. The van der Waals surface area contributed by atoms with Gasteiger partial charge in [-0.1, -0.05) is 106 Å². The Morgan fingerprint density at radius 2 is 1.11 bits per heavy atom. The third kappa shape index (κ3) is 6.97. The summed E-state index contributed by atoms with van der Waals surface area (Å²) in [6.07, 6.45) is 21.5. The van der Waals surface area contributed by atoms with Gasteiger partial charge in [0.1, 0.15) is 0 Å². The molecule has 0 amide bonds. The van der Waals surface area contributed by atoms with Crippen molar-refractivity contribution in [3.05, 3.63) is 35.4 Å². The summed E-state index contributed by atoms with van der Waals surface area (Å²) in [6.45, 7) is 0. The standard InChI is InChI=1S/C25H39NO/c27-26-25-12-8-4-3-7-10-22-15-13-21(14-16-22)9-5-1-2-6-11-23-17-19-24(25)20-18-23/h17-22,27H,1-16H2. The second-order valence-electron chi connectivity index (χ2n) is 9.04. The smallest absolute Gasteiger partial charge is 0.0867 e. The lowest BCUT2D eigenvalue weighted by Crippen LogP contribution is -2.14. The molecule has 1 aromatic rings. The minimum atomic E-state index is 0.853. The summed E-state index contributed by atoms with van der Waals surface area (Å²) >= 11 is 0. The van der Waals surface area contributed by atoms with Gasteiger partial charge in [-0.15, -0.1) is 0 Å². The van der Waals surface area contributed by atoms with Gasteiger partial charge in [0.15, 0.2) is 0 Å². The molecule has 1 saturated carbocycles. The molecule has 2 heteroatoms. The Morgan fingerprint density at radius 3 is 1.67 bits per heavy atom. The second kappa shape index (κ2) is 11.5. The largest absolute Gasteiger partial charge is 0.411 e. The van der Waals surface area contributed by atoms with Gasteiger partial charge in [0, 0.05) is 0 Å². The molecule has 27 heavy (non-hydrogen) atoms. The molecule has 0 atom stereocenters. The van der Waals surface area contributed by atoms with Crippen LogP contribution in [-0.2, 0) is 6.42 Å². The fourth-order valence-corrected chi connectivity index (χ4v) is 5.12. The lowest BCUT2D eigenvalue weighted by Gasteiger charge is -2.28. The lowest BCUT2D eigenvalue weighted by atomic mass is 9.78. The van der Waals surface area contributed by atoms with Crippen LogP contribution in [0.15, 0.2) is 29.4 Å². The molecule has 0 radical (unpaired) electrons. The highest BCUT2D eigenvalue weighted by Crippen LogP contribution is 2.34. The summed E-state index contributed by atoms with van der Waals surface area (Å²) in [5.74, 6) is 2.03. The average molecular weight is 370 g/mol. The molecule has 0 spiro atoms. The van der Waals surface area contributed by atoms with Crippen molar-refractivity contribution in [2.75, 3.05) is 0 Å². The first-order valence-electron chi connectivity index (χ1n) is 11.7. The third-order valence-corrected chi connectivity index (χ3v) is 6.98. The molecule has 1 N–H and O–H groups in total. The van der Waals surface area contributed by atoms with E-state index < -0.39 is 0 Å². The quantitative estimate of drug-likeness (QED) is 0.372. The SMILES string of the molecule is ON=C1CCCCCCC2CCC(CCCCCCc3ccc1cc3)CC2. The second-order valence-corrected chi connectivity index (χ2v) is 9.04. The van der Waals surface area contributed by atoms with Crippen molar-refractivity contribution in [1.82, 2.24) is 0 Å². The molecule has 0 saturated heterocycles. The molecule has 1 aromatic carbocycles. The van der Waals surface area contributed by atoms with Gasteiger partial charge >= 0.3 is 0 Å². The van der Waals surface area contributed by atoms with Gasteiger partial charge in [-0.25, -0.2) is 0 Å². The maximum Gasteiger partial charge on any atom is 0.0867 e. The van der Waals surface area contributed by atoms with E-state index in [-0.39, 0.29) is 0 Å². The molecule has 5 aliphatic carbocycles. The van der Waals surface area contributed by atoms with E-state index in [4.69, 9.17) is 0 Å². The highest BCUT2D eigenvalue weighted by molar-refractivity contribution is 6.00. The number of aryl methyl sites for hydroxylation is 1. The van der Waals surface area contributed by atoms with E-state index in [0.717, 1.165) is 36.0 Å². The first-order chi connectivity index (χ1) is 13.3. The predicted octanol–water partition coefficient (Wildman–Crippen LogP) is 7.52. The van der Waals surface area contributed by atoms with Gasteiger partial charge in [-0.05, 0) is 48.6 Å². The molecule has 150 valence electrons. The monoisotopic (exact) mass is 369 g/mol. The van der Waals surface area contributed by atoms with Crippen LogP contribution in [0.3, 0.4) is 0 Å². The van der Waals surface area contributed by atoms with Crippen molar-refractivity contribution in [2.45, 2.75) is 103 Å². The van der Waals surface area contributed by atoms with Gasteiger partial charge < -0.3 is 5.21 Å². The summed E-state index contributed by atoms with van der Waals surface area (Å²) in [5, 5.41) is 13.0. The van der Waals surface area contributed by atoms with E-state index in [1.54, 1.807) is 0 Å². The zero-order valence-corrected chi connectivity index (χ0v) is 17.2. The Morgan fingerprint density at radius 1 is 0.593 bits per heavy atom. The minimum Gasteiger partial charge on any atom is -0.411 e. The zero-order valence-electron chi connectivity index (χ0n) is 17.2. The Balaban J connectivity index is 1.53. The van der Waals surface area contributed by atoms with Crippen molar-refractivity contribution in [3.63, 3.8) is 0 Å². The fourth-order valence-electron chi connectivity index (χ4n) is 5.12. The van der Waals surface area contributed by atoms with Crippen LogP contribution in [0.5, 0.6) is 0 Å². The van der Waals surface area contributed by atoms with E-state index >= 15 is 0 Å². The van der Waals surface area contributed by atoms with Crippen molar-refractivity contribution in [1.29, 1.82) is 0 Å². The maximum atomic E-state index is 9.41. The van der Waals surface area contributed by atoms with Crippen LogP contribution in [-0.4, -0.2) is 10.9 Å². The zero-order chi connectivity index (χ0) is 18.7. The molecule has 0 heterocycles. The van der Waals surface area contributed by atoms with Crippen LogP contribution in [0.2, 0.25) is 0 Å². The van der Waals surface area contributed by atoms with Crippen LogP contribution in [0.4, 0.5) is 0 Å². The van der Waals surface area contributed by atoms with Crippen LogP contribution < -0.4 is 0 Å². The molecule has 0 aromatic heterocycles. The number of hydrogen-bond donors (Lipinski definition) is 1. The molecule has 2 nitrogen and oxygen atoms in total.